The molecule has 1 aliphatic heterocycles. The van der Waals surface area contributed by atoms with Crippen molar-refractivity contribution in [3.05, 3.63) is 58.4 Å². The standard InChI is InChI=1S/C16H16N2O4/c19-17-11-5-1-2-6-12(11)18(20)16(14-8-4-10-22-14)15(17)13-7-3-9-21-13/h3-4,7-12H,1-2,5-6H2/t11-,12-/m1/s1. The van der Waals surface area contributed by atoms with E-state index in [4.69, 9.17) is 8.83 Å². The quantitative estimate of drug-likeness (QED) is 0.792. The van der Waals surface area contributed by atoms with Crippen LogP contribution in [0.3, 0.4) is 0 Å². The van der Waals surface area contributed by atoms with Crippen molar-refractivity contribution in [3.8, 4) is 0 Å². The fourth-order valence-corrected chi connectivity index (χ4v) is 3.46. The monoisotopic (exact) mass is 300 g/mol. The number of nitrogens with zero attached hydrogens (tertiary/aromatic N) is 2. The minimum atomic E-state index is -0.329. The normalized spacial score (nSPS) is 25.5. The molecule has 2 aromatic heterocycles. The Balaban J connectivity index is 1.92. The Bertz CT molecular complexity index is 703. The molecule has 0 amide bonds. The summed E-state index contributed by atoms with van der Waals surface area (Å²) in [6, 6.07) is 6.14. The molecule has 0 aromatic carbocycles. The number of nitroso groups, excluding NO2 is 1. The maximum atomic E-state index is 12.9. The van der Waals surface area contributed by atoms with Gasteiger partial charge in [-0.2, -0.15) is 0 Å². The van der Waals surface area contributed by atoms with Crippen LogP contribution >= 0.6 is 0 Å². The average Bonchev–Trinajstić information content (AvgIpc) is 3.23. The Morgan fingerprint density at radius 1 is 1.09 bits per heavy atom. The zero-order valence-corrected chi connectivity index (χ0v) is 12.0. The van der Waals surface area contributed by atoms with Crippen LogP contribution in [0.25, 0.3) is 11.4 Å². The number of hydrogen-bond acceptors (Lipinski definition) is 5. The molecule has 2 atom stereocenters. The largest absolute Gasteiger partial charge is 0.758 e. The fourth-order valence-electron chi connectivity index (χ4n) is 3.46. The minimum Gasteiger partial charge on any atom is -0.758 e. The van der Waals surface area contributed by atoms with Crippen LogP contribution in [-0.4, -0.2) is 21.9 Å². The molecule has 3 heterocycles. The minimum absolute atomic E-state index is 0.262. The molecule has 0 unspecified atom stereocenters. The van der Waals surface area contributed by atoms with Gasteiger partial charge in [0.15, 0.2) is 11.5 Å². The van der Waals surface area contributed by atoms with E-state index in [1.54, 1.807) is 24.3 Å². The molecular formula is C16H16N2O4. The number of hydrogen-bond donors (Lipinski definition) is 0. The highest BCUT2D eigenvalue weighted by Gasteiger charge is 2.49. The highest BCUT2D eigenvalue weighted by atomic mass is 16.5. The SMILES string of the molecule is O=[N+]1C(c2ccco2)=C(c2ccco2)N([O-])[C@@H]2CCCC[C@H]21. The van der Waals surface area contributed by atoms with E-state index in [-0.39, 0.29) is 23.5 Å². The summed E-state index contributed by atoms with van der Waals surface area (Å²) >= 11 is 0. The molecule has 0 N–H and O–H groups in total. The van der Waals surface area contributed by atoms with Gasteiger partial charge in [-0.25, -0.2) is 0 Å². The zero-order valence-electron chi connectivity index (χ0n) is 12.0. The predicted molar refractivity (Wildman–Crippen MR) is 79.1 cm³/mol. The van der Waals surface area contributed by atoms with Crippen LogP contribution in [0.15, 0.2) is 45.6 Å². The molecule has 0 bridgehead atoms. The van der Waals surface area contributed by atoms with Gasteiger partial charge < -0.3 is 19.1 Å². The fraction of sp³-hybridized carbons (Fsp3) is 0.375. The first kappa shape index (κ1) is 13.3. The lowest BCUT2D eigenvalue weighted by molar-refractivity contribution is -0.515. The van der Waals surface area contributed by atoms with Crippen LogP contribution in [0.4, 0.5) is 0 Å². The van der Waals surface area contributed by atoms with Gasteiger partial charge in [-0.15, -0.1) is 0 Å². The molecular weight excluding hydrogens is 284 g/mol. The summed E-state index contributed by atoms with van der Waals surface area (Å²) in [5.74, 6) is 0.789. The van der Waals surface area contributed by atoms with Crippen LogP contribution in [0.1, 0.15) is 37.2 Å². The molecule has 2 aliphatic rings. The predicted octanol–water partition coefficient (Wildman–Crippen LogP) is 3.60. The number of hydroxylamine groups is 2. The van der Waals surface area contributed by atoms with Gasteiger partial charge in [0.25, 0.3) is 0 Å². The molecule has 0 saturated heterocycles. The average molecular weight is 300 g/mol. The van der Waals surface area contributed by atoms with E-state index in [1.165, 1.54) is 12.5 Å². The van der Waals surface area contributed by atoms with Gasteiger partial charge >= 0.3 is 5.70 Å². The highest BCUT2D eigenvalue weighted by Crippen LogP contribution is 2.41. The summed E-state index contributed by atoms with van der Waals surface area (Å²) in [5, 5.41) is 13.9. The van der Waals surface area contributed by atoms with E-state index in [1.807, 2.05) is 0 Å². The van der Waals surface area contributed by atoms with Gasteiger partial charge in [-0.1, -0.05) is 6.42 Å². The summed E-state index contributed by atoms with van der Waals surface area (Å²) in [5.41, 5.74) is 0.524. The molecule has 6 heteroatoms. The molecule has 114 valence electrons. The molecule has 1 saturated carbocycles. The van der Waals surface area contributed by atoms with Gasteiger partial charge in [0, 0.05) is 16.1 Å². The first-order valence-electron chi connectivity index (χ1n) is 7.52. The van der Waals surface area contributed by atoms with Crippen LogP contribution < -0.4 is 0 Å². The first-order chi connectivity index (χ1) is 10.8. The van der Waals surface area contributed by atoms with E-state index < -0.39 is 0 Å². The van der Waals surface area contributed by atoms with Crippen LogP contribution in [0, 0.1) is 10.1 Å². The Morgan fingerprint density at radius 3 is 2.45 bits per heavy atom. The third-order valence-corrected chi connectivity index (χ3v) is 4.47. The molecule has 22 heavy (non-hydrogen) atoms. The van der Waals surface area contributed by atoms with Gasteiger partial charge in [-0.3, -0.25) is 0 Å². The second-order valence-electron chi connectivity index (χ2n) is 5.72. The van der Waals surface area contributed by atoms with Crippen LogP contribution in [0.5, 0.6) is 0 Å². The van der Waals surface area contributed by atoms with Crippen molar-refractivity contribution in [2.45, 2.75) is 37.8 Å². The van der Waals surface area contributed by atoms with Crippen LogP contribution in [-0.2, 0) is 0 Å². The lowest BCUT2D eigenvalue weighted by atomic mass is 9.87. The van der Waals surface area contributed by atoms with Crippen molar-refractivity contribution >= 4 is 11.4 Å². The van der Waals surface area contributed by atoms with Crippen molar-refractivity contribution in [2.24, 2.45) is 0 Å². The van der Waals surface area contributed by atoms with Gasteiger partial charge in [0.1, 0.15) is 0 Å². The molecule has 0 spiro atoms. The number of fused-ring (bicyclic) bond motifs is 1. The second-order valence-corrected chi connectivity index (χ2v) is 5.72. The van der Waals surface area contributed by atoms with Crippen LogP contribution in [0.2, 0.25) is 0 Å². The Morgan fingerprint density at radius 2 is 1.77 bits per heavy atom. The summed E-state index contributed by atoms with van der Waals surface area (Å²) < 4.78 is 11.7. The van der Waals surface area contributed by atoms with Gasteiger partial charge in [-0.05, 0) is 37.1 Å². The van der Waals surface area contributed by atoms with E-state index in [0.717, 1.165) is 35.5 Å². The number of furan rings is 2. The van der Waals surface area contributed by atoms with E-state index in [2.05, 4.69) is 0 Å². The summed E-state index contributed by atoms with van der Waals surface area (Å²) in [6.07, 6.45) is 6.38. The summed E-state index contributed by atoms with van der Waals surface area (Å²) in [7, 11) is 0. The van der Waals surface area contributed by atoms with Crippen molar-refractivity contribution in [1.29, 1.82) is 0 Å². The lowest BCUT2D eigenvalue weighted by Crippen LogP contribution is -2.50. The molecule has 4 rings (SSSR count). The Hall–Kier alpha value is -2.34. The third-order valence-electron chi connectivity index (χ3n) is 4.47. The third kappa shape index (κ3) is 1.91. The molecule has 1 aliphatic carbocycles. The van der Waals surface area contributed by atoms with E-state index in [9.17, 15) is 10.1 Å². The maximum absolute atomic E-state index is 12.9. The second kappa shape index (κ2) is 5.14. The number of rotatable bonds is 2. The van der Waals surface area contributed by atoms with Crippen molar-refractivity contribution in [2.75, 3.05) is 0 Å². The maximum Gasteiger partial charge on any atom is 0.324 e. The van der Waals surface area contributed by atoms with Crippen molar-refractivity contribution < 1.29 is 13.6 Å². The van der Waals surface area contributed by atoms with Gasteiger partial charge in [0.2, 0.25) is 11.8 Å². The van der Waals surface area contributed by atoms with E-state index in [0.29, 0.717) is 11.5 Å². The van der Waals surface area contributed by atoms with Crippen molar-refractivity contribution in [1.82, 2.24) is 5.06 Å². The first-order valence-corrected chi connectivity index (χ1v) is 7.52. The molecule has 0 radical (unpaired) electrons. The van der Waals surface area contributed by atoms with Gasteiger partial charge in [0.05, 0.1) is 18.6 Å². The topological polar surface area (TPSA) is 72.7 Å². The van der Waals surface area contributed by atoms with Crippen molar-refractivity contribution in [3.63, 3.8) is 0 Å². The zero-order chi connectivity index (χ0) is 15.1. The molecule has 1 fully saturated rings. The summed E-state index contributed by atoms with van der Waals surface area (Å²) in [6.45, 7) is 0. The smallest absolute Gasteiger partial charge is 0.324 e. The highest BCUT2D eigenvalue weighted by molar-refractivity contribution is 5.83. The van der Waals surface area contributed by atoms with E-state index >= 15 is 0 Å². The molecule has 2 aromatic rings. The Kier molecular flexibility index (Phi) is 3.11. The molecule has 6 nitrogen and oxygen atoms in total. The summed E-state index contributed by atoms with van der Waals surface area (Å²) in [4.78, 5) is 12.9. The Labute approximate surface area is 127 Å². The lowest BCUT2D eigenvalue weighted by Gasteiger charge is -2.44.